The van der Waals surface area contributed by atoms with E-state index in [1.807, 2.05) is 33.8 Å². The van der Waals surface area contributed by atoms with Gasteiger partial charge < -0.3 is 10.0 Å². The first-order valence-electron chi connectivity index (χ1n) is 7.03. The normalized spacial score (nSPS) is 14.3. The molecule has 1 amide bonds. The van der Waals surface area contributed by atoms with Gasteiger partial charge in [-0.15, -0.1) is 11.3 Å². The van der Waals surface area contributed by atoms with Gasteiger partial charge in [0.1, 0.15) is 0 Å². The van der Waals surface area contributed by atoms with Crippen LogP contribution in [0.15, 0.2) is 29.8 Å². The number of hydrogen-bond donors (Lipinski definition) is 1. The molecule has 6 nitrogen and oxygen atoms in total. The number of fused-ring (bicyclic) bond motifs is 2. The zero-order valence-corrected chi connectivity index (χ0v) is 12.6. The molecule has 1 aromatic carbocycles. The van der Waals surface area contributed by atoms with Crippen molar-refractivity contribution in [2.24, 2.45) is 0 Å². The molecule has 0 spiro atoms. The highest BCUT2D eigenvalue weighted by Gasteiger charge is 2.23. The standard InChI is InChI=1S/C15H14N4O2S/c20-8-11-6-12-7-18(3-4-19(12)17-11)15(21)10-1-2-14-13(5-10)16-9-22-14/h1-2,5-6,9,20H,3-4,7-8H2. The number of nitrogens with zero attached hydrogens (tertiary/aromatic N) is 4. The number of hydrogen-bond acceptors (Lipinski definition) is 5. The summed E-state index contributed by atoms with van der Waals surface area (Å²) >= 11 is 1.57. The predicted octanol–water partition coefficient (Wildman–Crippen LogP) is 1.64. The van der Waals surface area contributed by atoms with Gasteiger partial charge in [-0.25, -0.2) is 4.98 Å². The number of aromatic nitrogens is 3. The van der Waals surface area contributed by atoms with E-state index in [0.717, 1.165) is 15.9 Å². The van der Waals surface area contributed by atoms with Crippen LogP contribution in [0.2, 0.25) is 0 Å². The SMILES string of the molecule is O=C(c1ccc2scnc2c1)N1CCn2nc(CO)cc2C1. The first kappa shape index (κ1) is 13.4. The van der Waals surface area contributed by atoms with E-state index in [4.69, 9.17) is 5.11 Å². The van der Waals surface area contributed by atoms with Crippen LogP contribution < -0.4 is 0 Å². The van der Waals surface area contributed by atoms with Gasteiger partial charge in [0.15, 0.2) is 0 Å². The van der Waals surface area contributed by atoms with Crippen molar-refractivity contribution in [1.29, 1.82) is 0 Å². The molecule has 2 aromatic heterocycles. The molecule has 0 unspecified atom stereocenters. The average molecular weight is 314 g/mol. The summed E-state index contributed by atoms with van der Waals surface area (Å²) in [6.45, 7) is 1.71. The molecular formula is C15H14N4O2S. The second-order valence-electron chi connectivity index (χ2n) is 5.27. The van der Waals surface area contributed by atoms with E-state index < -0.39 is 0 Å². The minimum Gasteiger partial charge on any atom is -0.390 e. The van der Waals surface area contributed by atoms with Crippen molar-refractivity contribution >= 4 is 27.5 Å². The van der Waals surface area contributed by atoms with Crippen molar-refractivity contribution in [2.75, 3.05) is 6.54 Å². The Morgan fingerprint density at radius 1 is 1.32 bits per heavy atom. The van der Waals surface area contributed by atoms with Crippen molar-refractivity contribution < 1.29 is 9.90 Å². The predicted molar refractivity (Wildman–Crippen MR) is 82.5 cm³/mol. The number of aliphatic hydroxyl groups excluding tert-OH is 1. The molecule has 0 aliphatic carbocycles. The van der Waals surface area contributed by atoms with Gasteiger partial charge >= 0.3 is 0 Å². The Labute approximate surface area is 130 Å². The fourth-order valence-corrected chi connectivity index (χ4v) is 3.41. The first-order chi connectivity index (χ1) is 10.7. The maximum absolute atomic E-state index is 12.7. The van der Waals surface area contributed by atoms with Gasteiger partial charge in [-0.3, -0.25) is 9.48 Å². The summed E-state index contributed by atoms with van der Waals surface area (Å²) in [6, 6.07) is 7.49. The van der Waals surface area contributed by atoms with Crippen LogP contribution in [0, 0.1) is 0 Å². The first-order valence-corrected chi connectivity index (χ1v) is 7.91. The highest BCUT2D eigenvalue weighted by molar-refractivity contribution is 7.16. The molecule has 0 bridgehead atoms. The molecule has 0 saturated heterocycles. The number of carbonyl (C=O) groups is 1. The van der Waals surface area contributed by atoms with Crippen LogP contribution in [0.5, 0.6) is 0 Å². The minimum atomic E-state index is -0.0750. The van der Waals surface area contributed by atoms with Gasteiger partial charge in [0.25, 0.3) is 5.91 Å². The largest absolute Gasteiger partial charge is 0.390 e. The van der Waals surface area contributed by atoms with Crippen molar-refractivity contribution in [3.8, 4) is 0 Å². The zero-order valence-electron chi connectivity index (χ0n) is 11.8. The van der Waals surface area contributed by atoms with Gasteiger partial charge in [-0.05, 0) is 24.3 Å². The van der Waals surface area contributed by atoms with E-state index in [9.17, 15) is 4.79 Å². The molecule has 112 valence electrons. The molecular weight excluding hydrogens is 300 g/mol. The molecule has 4 rings (SSSR count). The van der Waals surface area contributed by atoms with Crippen LogP contribution in [-0.2, 0) is 19.7 Å². The van der Waals surface area contributed by atoms with E-state index in [-0.39, 0.29) is 12.5 Å². The van der Waals surface area contributed by atoms with E-state index in [2.05, 4.69) is 10.1 Å². The van der Waals surface area contributed by atoms with Gasteiger partial charge in [0.2, 0.25) is 0 Å². The molecule has 0 saturated carbocycles. The Bertz CT molecular complexity index is 854. The Morgan fingerprint density at radius 2 is 2.23 bits per heavy atom. The van der Waals surface area contributed by atoms with Crippen LogP contribution in [0.3, 0.4) is 0 Å². The van der Waals surface area contributed by atoms with E-state index in [0.29, 0.717) is 30.9 Å². The number of aliphatic hydroxyl groups is 1. The average Bonchev–Trinajstić information content (AvgIpc) is 3.18. The summed E-state index contributed by atoms with van der Waals surface area (Å²) in [7, 11) is 0. The van der Waals surface area contributed by atoms with Gasteiger partial charge in [-0.1, -0.05) is 0 Å². The maximum Gasteiger partial charge on any atom is 0.254 e. The quantitative estimate of drug-likeness (QED) is 0.780. The summed E-state index contributed by atoms with van der Waals surface area (Å²) in [4.78, 5) is 18.7. The Balaban J connectivity index is 1.60. The Hall–Kier alpha value is -2.25. The Kier molecular flexibility index (Phi) is 3.16. The van der Waals surface area contributed by atoms with E-state index >= 15 is 0 Å². The smallest absolute Gasteiger partial charge is 0.254 e. The summed E-state index contributed by atoms with van der Waals surface area (Å²) in [5, 5.41) is 13.4. The van der Waals surface area contributed by atoms with Crippen molar-refractivity contribution in [2.45, 2.75) is 19.7 Å². The lowest BCUT2D eigenvalue weighted by molar-refractivity contribution is 0.0706. The van der Waals surface area contributed by atoms with Crippen molar-refractivity contribution in [1.82, 2.24) is 19.7 Å². The van der Waals surface area contributed by atoms with Crippen LogP contribution in [-0.4, -0.2) is 37.2 Å². The molecule has 0 radical (unpaired) electrons. The lowest BCUT2D eigenvalue weighted by atomic mass is 10.1. The van der Waals surface area contributed by atoms with Crippen LogP contribution in [0.1, 0.15) is 21.7 Å². The zero-order chi connectivity index (χ0) is 15.1. The molecule has 1 N–H and O–H groups in total. The summed E-state index contributed by atoms with van der Waals surface area (Å²) in [5.74, 6) is 0.00731. The highest BCUT2D eigenvalue weighted by Crippen LogP contribution is 2.21. The van der Waals surface area contributed by atoms with Crippen molar-refractivity contribution in [3.05, 3.63) is 46.7 Å². The monoisotopic (exact) mass is 314 g/mol. The molecule has 3 heterocycles. The van der Waals surface area contributed by atoms with E-state index in [1.54, 1.807) is 16.8 Å². The van der Waals surface area contributed by atoms with Crippen LogP contribution in [0.25, 0.3) is 10.2 Å². The number of carbonyl (C=O) groups excluding carboxylic acids is 1. The fourth-order valence-electron chi connectivity index (χ4n) is 2.75. The number of thiazole rings is 1. The third kappa shape index (κ3) is 2.18. The van der Waals surface area contributed by atoms with Crippen LogP contribution in [0.4, 0.5) is 0 Å². The summed E-state index contributed by atoms with van der Waals surface area (Å²) in [5.41, 5.74) is 4.91. The molecule has 22 heavy (non-hydrogen) atoms. The molecule has 0 fully saturated rings. The van der Waals surface area contributed by atoms with Crippen LogP contribution >= 0.6 is 11.3 Å². The maximum atomic E-state index is 12.7. The number of rotatable bonds is 2. The molecule has 3 aromatic rings. The van der Waals surface area contributed by atoms with Gasteiger partial charge in [-0.2, -0.15) is 5.10 Å². The van der Waals surface area contributed by atoms with Gasteiger partial charge in [0, 0.05) is 12.1 Å². The van der Waals surface area contributed by atoms with Gasteiger partial charge in [0.05, 0.1) is 46.8 Å². The fraction of sp³-hybridized carbons (Fsp3) is 0.267. The topological polar surface area (TPSA) is 71.2 Å². The third-order valence-corrected chi connectivity index (χ3v) is 4.69. The number of amides is 1. The molecule has 0 atom stereocenters. The molecule has 1 aliphatic rings. The summed E-state index contributed by atoms with van der Waals surface area (Å²) < 4.78 is 2.94. The Morgan fingerprint density at radius 3 is 3.09 bits per heavy atom. The third-order valence-electron chi connectivity index (χ3n) is 3.88. The lowest BCUT2D eigenvalue weighted by Crippen LogP contribution is -2.38. The van der Waals surface area contributed by atoms with E-state index in [1.165, 1.54) is 0 Å². The second kappa shape index (κ2) is 5.19. The lowest BCUT2D eigenvalue weighted by Gasteiger charge is -2.27. The minimum absolute atomic E-state index is 0.00731. The number of benzene rings is 1. The molecule has 1 aliphatic heterocycles. The molecule has 7 heteroatoms. The van der Waals surface area contributed by atoms with Crippen molar-refractivity contribution in [3.63, 3.8) is 0 Å². The second-order valence-corrected chi connectivity index (χ2v) is 6.16. The highest BCUT2D eigenvalue weighted by atomic mass is 32.1. The summed E-state index contributed by atoms with van der Waals surface area (Å²) in [6.07, 6.45) is 0.